The maximum atomic E-state index is 11.7. The van der Waals surface area contributed by atoms with Crippen LogP contribution >= 0.6 is 0 Å². The van der Waals surface area contributed by atoms with E-state index in [2.05, 4.69) is 20.8 Å². The monoisotopic (exact) mass is 368 g/mol. The molecule has 0 radical (unpaired) electrons. The highest BCUT2D eigenvalue weighted by molar-refractivity contribution is 5.69. The second kappa shape index (κ2) is 19.2. The van der Waals surface area contributed by atoms with E-state index >= 15 is 0 Å². The van der Waals surface area contributed by atoms with E-state index in [1.165, 1.54) is 96.3 Å². The maximum absolute atomic E-state index is 11.7. The quantitative estimate of drug-likeness (QED) is 0.219. The van der Waals surface area contributed by atoms with Crippen LogP contribution in [-0.4, -0.2) is 11.1 Å². The molecule has 0 saturated heterocycles. The van der Waals surface area contributed by atoms with Crippen molar-refractivity contribution in [3.8, 4) is 0 Å². The summed E-state index contributed by atoms with van der Waals surface area (Å²) in [5.41, 5.74) is 0. The van der Waals surface area contributed by atoms with Crippen LogP contribution in [0.3, 0.4) is 0 Å². The van der Waals surface area contributed by atoms with Gasteiger partial charge in [-0.2, -0.15) is 0 Å². The molecule has 2 atom stereocenters. The van der Waals surface area contributed by atoms with Gasteiger partial charge in [-0.25, -0.2) is 0 Å². The number of rotatable bonds is 20. The molecule has 0 bridgehead atoms. The lowest BCUT2D eigenvalue weighted by molar-refractivity contribution is -0.142. The van der Waals surface area contributed by atoms with Gasteiger partial charge in [0.15, 0.2) is 0 Å². The van der Waals surface area contributed by atoms with E-state index < -0.39 is 5.97 Å². The lowest BCUT2D eigenvalue weighted by Gasteiger charge is -2.21. The van der Waals surface area contributed by atoms with Crippen LogP contribution in [0.25, 0.3) is 0 Å². The Kier molecular flexibility index (Phi) is 18.8. The zero-order valence-corrected chi connectivity index (χ0v) is 18.2. The van der Waals surface area contributed by atoms with E-state index in [1.54, 1.807) is 0 Å². The Labute approximate surface area is 164 Å². The predicted molar refractivity (Wildman–Crippen MR) is 115 cm³/mol. The Balaban J connectivity index is 4.30. The summed E-state index contributed by atoms with van der Waals surface area (Å²) in [6, 6.07) is 0. The second-order valence-electron chi connectivity index (χ2n) is 8.39. The number of carbonyl (C=O) groups is 1. The van der Waals surface area contributed by atoms with Crippen molar-refractivity contribution in [1.29, 1.82) is 0 Å². The summed E-state index contributed by atoms with van der Waals surface area (Å²) in [4.78, 5) is 11.7. The van der Waals surface area contributed by atoms with Gasteiger partial charge < -0.3 is 5.11 Å². The molecule has 26 heavy (non-hydrogen) atoms. The Hall–Kier alpha value is -0.530. The second-order valence-corrected chi connectivity index (χ2v) is 8.39. The number of carboxylic acids is 1. The Bertz CT molecular complexity index is 301. The molecule has 0 aromatic rings. The van der Waals surface area contributed by atoms with Crippen LogP contribution in [0, 0.1) is 11.8 Å². The minimum Gasteiger partial charge on any atom is -0.481 e. The zero-order valence-electron chi connectivity index (χ0n) is 18.2. The summed E-state index contributed by atoms with van der Waals surface area (Å²) < 4.78 is 0. The fourth-order valence-corrected chi connectivity index (χ4v) is 4.02. The van der Waals surface area contributed by atoms with Crippen LogP contribution in [0.15, 0.2) is 0 Å². The molecular weight excluding hydrogens is 320 g/mol. The normalized spacial score (nSPS) is 13.7. The lowest BCUT2D eigenvalue weighted by Crippen LogP contribution is -2.18. The predicted octanol–water partition coefficient (Wildman–Crippen LogP) is 8.38. The van der Waals surface area contributed by atoms with Crippen molar-refractivity contribution < 1.29 is 9.90 Å². The first-order valence-corrected chi connectivity index (χ1v) is 11.9. The third-order valence-electron chi connectivity index (χ3n) is 5.81. The number of carboxylic acid groups (broad SMARTS) is 1. The average molecular weight is 369 g/mol. The largest absolute Gasteiger partial charge is 0.481 e. The maximum Gasteiger partial charge on any atom is 0.306 e. The number of aliphatic carboxylic acids is 1. The van der Waals surface area contributed by atoms with E-state index in [-0.39, 0.29) is 5.92 Å². The van der Waals surface area contributed by atoms with E-state index in [4.69, 9.17) is 0 Å². The molecule has 0 aliphatic rings. The van der Waals surface area contributed by atoms with Crippen molar-refractivity contribution in [2.75, 3.05) is 0 Å². The molecule has 2 nitrogen and oxygen atoms in total. The molecule has 0 rings (SSSR count). The van der Waals surface area contributed by atoms with Gasteiger partial charge in [0.1, 0.15) is 0 Å². The summed E-state index contributed by atoms with van der Waals surface area (Å²) >= 11 is 0. The Morgan fingerprint density at radius 3 is 1.46 bits per heavy atom. The fourth-order valence-electron chi connectivity index (χ4n) is 4.02. The van der Waals surface area contributed by atoms with Crippen LogP contribution in [0.1, 0.15) is 136 Å². The Morgan fingerprint density at radius 1 is 0.615 bits per heavy atom. The van der Waals surface area contributed by atoms with Crippen molar-refractivity contribution in [2.24, 2.45) is 11.8 Å². The molecule has 0 heterocycles. The number of unbranched alkanes of at least 4 members (excludes halogenated alkanes) is 11. The molecule has 0 fully saturated rings. The minimum absolute atomic E-state index is 0.108. The van der Waals surface area contributed by atoms with Crippen LogP contribution in [-0.2, 0) is 4.79 Å². The van der Waals surface area contributed by atoms with Crippen LogP contribution < -0.4 is 0 Å². The molecule has 0 aliphatic heterocycles. The summed E-state index contributed by atoms with van der Waals surface area (Å²) in [5.74, 6) is -0.0311. The standard InChI is InChI=1S/C24H48O2/c1-4-7-10-13-14-16-19-22(18-15-11-8-5-2)21-23(24(25)26)20-17-12-9-6-3/h22-23H,4-21H2,1-3H3,(H,25,26). The first-order valence-electron chi connectivity index (χ1n) is 11.9. The molecular formula is C24H48O2. The van der Waals surface area contributed by atoms with Gasteiger partial charge in [0.2, 0.25) is 0 Å². The van der Waals surface area contributed by atoms with E-state index in [1.807, 2.05) is 0 Å². The van der Waals surface area contributed by atoms with Crippen LogP contribution in [0.5, 0.6) is 0 Å². The first-order chi connectivity index (χ1) is 12.7. The zero-order chi connectivity index (χ0) is 19.5. The highest BCUT2D eigenvalue weighted by Crippen LogP contribution is 2.28. The van der Waals surface area contributed by atoms with Crippen molar-refractivity contribution in [1.82, 2.24) is 0 Å². The highest BCUT2D eigenvalue weighted by atomic mass is 16.4. The SMILES string of the molecule is CCCCCCCCC(CCCCCC)CC(CCCCCC)C(=O)O. The topological polar surface area (TPSA) is 37.3 Å². The molecule has 1 N–H and O–H groups in total. The van der Waals surface area contributed by atoms with Gasteiger partial charge in [0.05, 0.1) is 5.92 Å². The molecule has 2 unspecified atom stereocenters. The van der Waals surface area contributed by atoms with Gasteiger partial charge in [-0.1, -0.05) is 124 Å². The van der Waals surface area contributed by atoms with Gasteiger partial charge in [0, 0.05) is 0 Å². The molecule has 0 spiro atoms. The van der Waals surface area contributed by atoms with Gasteiger partial charge in [-0.15, -0.1) is 0 Å². The van der Waals surface area contributed by atoms with Crippen LogP contribution in [0.2, 0.25) is 0 Å². The third kappa shape index (κ3) is 15.7. The van der Waals surface area contributed by atoms with Gasteiger partial charge in [-0.05, 0) is 18.8 Å². The van der Waals surface area contributed by atoms with E-state index in [0.717, 1.165) is 19.3 Å². The van der Waals surface area contributed by atoms with Gasteiger partial charge >= 0.3 is 5.97 Å². The first kappa shape index (κ1) is 25.5. The van der Waals surface area contributed by atoms with Crippen molar-refractivity contribution in [2.45, 2.75) is 136 Å². The van der Waals surface area contributed by atoms with Crippen molar-refractivity contribution in [3.63, 3.8) is 0 Å². The summed E-state index contributed by atoms with van der Waals surface area (Å²) in [6.07, 6.45) is 22.3. The number of hydrogen-bond acceptors (Lipinski definition) is 1. The molecule has 0 aliphatic carbocycles. The molecule has 0 aromatic heterocycles. The third-order valence-corrected chi connectivity index (χ3v) is 5.81. The lowest BCUT2D eigenvalue weighted by atomic mass is 9.84. The molecule has 2 heteroatoms. The number of hydrogen-bond donors (Lipinski definition) is 1. The van der Waals surface area contributed by atoms with Gasteiger partial charge in [0.25, 0.3) is 0 Å². The smallest absolute Gasteiger partial charge is 0.306 e. The summed E-state index contributed by atoms with van der Waals surface area (Å²) in [7, 11) is 0. The van der Waals surface area contributed by atoms with Crippen molar-refractivity contribution in [3.05, 3.63) is 0 Å². The fraction of sp³-hybridized carbons (Fsp3) is 0.958. The van der Waals surface area contributed by atoms with Crippen molar-refractivity contribution >= 4 is 5.97 Å². The average Bonchev–Trinajstić information content (AvgIpc) is 2.63. The molecule has 156 valence electrons. The Morgan fingerprint density at radius 2 is 1.00 bits per heavy atom. The van der Waals surface area contributed by atoms with Crippen LogP contribution in [0.4, 0.5) is 0 Å². The minimum atomic E-state index is -0.553. The molecule has 0 aromatic carbocycles. The molecule has 0 saturated carbocycles. The highest BCUT2D eigenvalue weighted by Gasteiger charge is 2.22. The summed E-state index contributed by atoms with van der Waals surface area (Å²) in [6.45, 7) is 6.73. The van der Waals surface area contributed by atoms with E-state index in [0.29, 0.717) is 5.92 Å². The van der Waals surface area contributed by atoms with E-state index in [9.17, 15) is 9.90 Å². The molecule has 0 amide bonds. The summed E-state index contributed by atoms with van der Waals surface area (Å²) in [5, 5.41) is 9.66. The van der Waals surface area contributed by atoms with Gasteiger partial charge in [-0.3, -0.25) is 4.79 Å².